The molecule has 40 heavy (non-hydrogen) atoms. The molecule has 206 valence electrons. The summed E-state index contributed by atoms with van der Waals surface area (Å²) in [4.78, 5) is 35.6. The van der Waals surface area contributed by atoms with E-state index in [1.165, 1.54) is 0 Å². The van der Waals surface area contributed by atoms with Gasteiger partial charge in [-0.25, -0.2) is 4.98 Å². The van der Waals surface area contributed by atoms with Crippen LogP contribution in [0.1, 0.15) is 76.3 Å². The zero-order chi connectivity index (χ0) is 28.3. The van der Waals surface area contributed by atoms with Gasteiger partial charge in [0.1, 0.15) is 5.69 Å². The van der Waals surface area contributed by atoms with E-state index < -0.39 is 0 Å². The van der Waals surface area contributed by atoms with Gasteiger partial charge >= 0.3 is 0 Å². The van der Waals surface area contributed by atoms with E-state index in [1.807, 2.05) is 35.6 Å². The molecule has 6 rings (SSSR count). The topological polar surface area (TPSA) is 115 Å². The quantitative estimate of drug-likeness (QED) is 0.355. The van der Waals surface area contributed by atoms with Gasteiger partial charge in [-0.3, -0.25) is 14.3 Å². The molecule has 0 N–H and O–H groups in total. The number of hydrogen-bond donors (Lipinski definition) is 0. The summed E-state index contributed by atoms with van der Waals surface area (Å²) in [6, 6.07) is 8.28. The fraction of sp³-hybridized carbons (Fsp3) is 0.370. The molecule has 4 aromatic rings. The predicted octanol–water partition coefficient (Wildman–Crippen LogP) is 4.23. The molecule has 3 aromatic heterocycles. The van der Waals surface area contributed by atoms with Crippen molar-refractivity contribution >= 4 is 35.0 Å². The SMILES string of the molecule is Cc1nnnn1-c1ccc([C@H](C)N2C[C@@H](C)n3nc4c(c3C2=O)CN(C(=O)c2ccc(Cl)c(Cl)c2)[C@H](C)C4)cn1. The molecule has 11 nitrogen and oxygen atoms in total. The average Bonchev–Trinajstić information content (AvgIpc) is 3.54. The predicted molar refractivity (Wildman–Crippen MR) is 148 cm³/mol. The van der Waals surface area contributed by atoms with Gasteiger partial charge in [-0.2, -0.15) is 9.78 Å². The lowest BCUT2D eigenvalue weighted by Gasteiger charge is -2.37. The molecular formula is C27H27Cl2N9O2. The van der Waals surface area contributed by atoms with Gasteiger partial charge in [0.25, 0.3) is 11.8 Å². The Balaban J connectivity index is 1.28. The van der Waals surface area contributed by atoms with Crippen LogP contribution in [0.15, 0.2) is 36.5 Å². The van der Waals surface area contributed by atoms with E-state index >= 15 is 0 Å². The van der Waals surface area contributed by atoms with Crippen molar-refractivity contribution in [1.82, 2.24) is 44.8 Å². The Morgan fingerprint density at radius 2 is 1.90 bits per heavy atom. The van der Waals surface area contributed by atoms with Crippen LogP contribution < -0.4 is 0 Å². The summed E-state index contributed by atoms with van der Waals surface area (Å²) in [7, 11) is 0. The number of rotatable bonds is 4. The number of amides is 2. The van der Waals surface area contributed by atoms with E-state index in [2.05, 4.69) is 27.4 Å². The smallest absolute Gasteiger partial charge is 0.273 e. The molecule has 0 aliphatic carbocycles. The Hall–Kier alpha value is -3.83. The third-order valence-electron chi connectivity index (χ3n) is 7.77. The lowest BCUT2D eigenvalue weighted by molar-refractivity contribution is 0.0574. The Kier molecular flexibility index (Phi) is 6.58. The van der Waals surface area contributed by atoms with Gasteiger partial charge in [0.05, 0.1) is 34.4 Å². The van der Waals surface area contributed by atoms with Crippen molar-refractivity contribution in [2.75, 3.05) is 6.54 Å². The molecule has 2 amide bonds. The highest BCUT2D eigenvalue weighted by molar-refractivity contribution is 6.42. The highest BCUT2D eigenvalue weighted by atomic mass is 35.5. The van der Waals surface area contributed by atoms with E-state index in [0.29, 0.717) is 45.9 Å². The van der Waals surface area contributed by atoms with E-state index in [-0.39, 0.29) is 36.5 Å². The van der Waals surface area contributed by atoms with Gasteiger partial charge in [-0.05, 0) is 68.0 Å². The van der Waals surface area contributed by atoms with Crippen molar-refractivity contribution in [1.29, 1.82) is 0 Å². The van der Waals surface area contributed by atoms with Crippen LogP contribution in [-0.4, -0.2) is 69.2 Å². The number of carbonyl (C=O) groups excluding carboxylic acids is 2. The fourth-order valence-electron chi connectivity index (χ4n) is 5.48. The maximum atomic E-state index is 14.0. The second-order valence-electron chi connectivity index (χ2n) is 10.4. The summed E-state index contributed by atoms with van der Waals surface area (Å²) in [6.45, 7) is 8.62. The maximum Gasteiger partial charge on any atom is 0.273 e. The Morgan fingerprint density at radius 1 is 1.10 bits per heavy atom. The van der Waals surface area contributed by atoms with Crippen molar-refractivity contribution in [2.45, 2.75) is 58.8 Å². The van der Waals surface area contributed by atoms with Crippen LogP contribution in [0.2, 0.25) is 10.0 Å². The average molecular weight is 580 g/mol. The third-order valence-corrected chi connectivity index (χ3v) is 8.51. The first kappa shape index (κ1) is 26.4. The van der Waals surface area contributed by atoms with Crippen molar-refractivity contribution in [3.8, 4) is 5.82 Å². The normalized spacial score (nSPS) is 19.4. The monoisotopic (exact) mass is 579 g/mol. The number of hydrogen-bond acceptors (Lipinski definition) is 7. The highest BCUT2D eigenvalue weighted by Gasteiger charge is 2.40. The Bertz CT molecular complexity index is 1630. The zero-order valence-electron chi connectivity index (χ0n) is 22.4. The van der Waals surface area contributed by atoms with Gasteiger partial charge in [-0.15, -0.1) is 5.10 Å². The maximum absolute atomic E-state index is 14.0. The van der Waals surface area contributed by atoms with Gasteiger partial charge in [-0.1, -0.05) is 29.3 Å². The minimum absolute atomic E-state index is 0.0358. The van der Waals surface area contributed by atoms with Crippen LogP contribution in [0.5, 0.6) is 0 Å². The molecule has 2 aliphatic rings. The Morgan fingerprint density at radius 3 is 2.58 bits per heavy atom. The number of benzene rings is 1. The number of halogens is 2. The van der Waals surface area contributed by atoms with E-state index in [9.17, 15) is 9.59 Å². The standard InChI is InChI=1S/C27H27Cl2N9O2/c1-14-9-23-20(13-35(14)26(39)18-5-7-21(28)22(29)10-18)25-27(40)36(12-15(2)37(25)32-23)16(3)19-6-8-24(30-11-19)38-17(4)31-33-34-38/h5-8,10-11,14-16H,9,12-13H2,1-4H3/t14-,15-,16+/m1/s1. The molecule has 0 bridgehead atoms. The van der Waals surface area contributed by atoms with E-state index in [4.69, 9.17) is 28.3 Å². The van der Waals surface area contributed by atoms with Gasteiger partial charge < -0.3 is 9.80 Å². The number of aryl methyl sites for hydroxylation is 1. The molecule has 1 aromatic carbocycles. The van der Waals surface area contributed by atoms with Crippen LogP contribution in [0.3, 0.4) is 0 Å². The number of aromatic nitrogens is 7. The second-order valence-corrected chi connectivity index (χ2v) is 11.2. The lowest BCUT2D eigenvalue weighted by atomic mass is 9.96. The van der Waals surface area contributed by atoms with Crippen molar-refractivity contribution in [3.05, 3.63) is 80.5 Å². The Labute approximate surface area is 240 Å². The lowest BCUT2D eigenvalue weighted by Crippen LogP contribution is -2.45. The number of pyridine rings is 1. The number of fused-ring (bicyclic) bond motifs is 3. The van der Waals surface area contributed by atoms with Crippen LogP contribution in [-0.2, 0) is 13.0 Å². The second kappa shape index (κ2) is 9.97. The number of carbonyl (C=O) groups is 2. The first-order chi connectivity index (χ1) is 19.1. The summed E-state index contributed by atoms with van der Waals surface area (Å²) in [5.41, 5.74) is 3.53. The summed E-state index contributed by atoms with van der Waals surface area (Å²) >= 11 is 12.2. The molecule has 0 radical (unpaired) electrons. The minimum Gasteiger partial charge on any atom is -0.331 e. The fourth-order valence-corrected chi connectivity index (χ4v) is 5.78. The molecule has 0 spiro atoms. The van der Waals surface area contributed by atoms with Crippen molar-refractivity contribution < 1.29 is 9.59 Å². The molecule has 5 heterocycles. The van der Waals surface area contributed by atoms with Crippen LogP contribution in [0.4, 0.5) is 0 Å². The van der Waals surface area contributed by atoms with Crippen LogP contribution in [0, 0.1) is 6.92 Å². The molecule has 0 saturated heterocycles. The first-order valence-corrected chi connectivity index (χ1v) is 13.8. The third kappa shape index (κ3) is 4.33. The molecule has 0 fully saturated rings. The first-order valence-electron chi connectivity index (χ1n) is 13.0. The van der Waals surface area contributed by atoms with E-state index in [0.717, 1.165) is 16.8 Å². The molecule has 13 heteroatoms. The number of nitrogens with zero attached hydrogens (tertiary/aromatic N) is 9. The summed E-state index contributed by atoms with van der Waals surface area (Å²) < 4.78 is 3.39. The number of tetrazole rings is 1. The molecule has 0 unspecified atom stereocenters. The van der Waals surface area contributed by atoms with Crippen molar-refractivity contribution in [3.63, 3.8) is 0 Å². The van der Waals surface area contributed by atoms with Crippen molar-refractivity contribution in [2.24, 2.45) is 0 Å². The largest absolute Gasteiger partial charge is 0.331 e. The van der Waals surface area contributed by atoms with Gasteiger partial charge in [0.2, 0.25) is 0 Å². The molecule has 0 saturated carbocycles. The minimum atomic E-state index is -0.234. The molecular weight excluding hydrogens is 553 g/mol. The molecule has 2 aliphatic heterocycles. The molecule has 3 atom stereocenters. The van der Waals surface area contributed by atoms with E-state index in [1.54, 1.807) is 40.9 Å². The summed E-state index contributed by atoms with van der Waals surface area (Å²) in [5, 5.41) is 17.1. The van der Waals surface area contributed by atoms with Gasteiger partial charge in [0, 0.05) is 36.3 Å². The van der Waals surface area contributed by atoms with Crippen LogP contribution >= 0.6 is 23.2 Å². The summed E-state index contributed by atoms with van der Waals surface area (Å²) in [6.07, 6.45) is 2.31. The highest BCUT2D eigenvalue weighted by Crippen LogP contribution is 2.35. The van der Waals surface area contributed by atoms with Crippen LogP contribution in [0.25, 0.3) is 5.82 Å². The van der Waals surface area contributed by atoms with Gasteiger partial charge in [0.15, 0.2) is 11.6 Å². The summed E-state index contributed by atoms with van der Waals surface area (Å²) in [5.74, 6) is 0.954. The zero-order valence-corrected chi connectivity index (χ0v) is 23.9.